The van der Waals surface area contributed by atoms with Crippen molar-refractivity contribution < 1.29 is 10.2 Å². The Labute approximate surface area is 66.3 Å². The molecule has 62 valence electrons. The van der Waals surface area contributed by atoms with Gasteiger partial charge in [0.15, 0.2) is 0 Å². The Morgan fingerprint density at radius 3 is 1.83 bits per heavy atom. The summed E-state index contributed by atoms with van der Waals surface area (Å²) in [5.74, 6) is -0.137. The van der Waals surface area contributed by atoms with Crippen LogP contribution in [0.5, 0.6) is 11.5 Å². The third kappa shape index (κ3) is 0.763. The number of imidazole rings is 1. The van der Waals surface area contributed by atoms with Crippen molar-refractivity contribution in [2.75, 3.05) is 0 Å². The molecule has 0 aliphatic rings. The number of phenolic OH excluding ortho intramolecular Hbond substituents is 2. The van der Waals surface area contributed by atoms with Crippen molar-refractivity contribution in [1.29, 1.82) is 0 Å². The van der Waals surface area contributed by atoms with E-state index in [-0.39, 0.29) is 22.5 Å². The van der Waals surface area contributed by atoms with E-state index < -0.39 is 5.69 Å². The zero-order chi connectivity index (χ0) is 8.72. The number of fused-ring (bicyclic) bond motifs is 1. The molecular weight excluding hydrogens is 160 g/mol. The minimum Gasteiger partial charge on any atom is -0.506 e. The Balaban J connectivity index is 3.03. The van der Waals surface area contributed by atoms with E-state index in [1.165, 1.54) is 12.1 Å². The first-order valence-electron chi connectivity index (χ1n) is 3.31. The topological polar surface area (TPSA) is 89.1 Å². The molecule has 0 atom stereocenters. The fourth-order valence-electron chi connectivity index (χ4n) is 1.09. The van der Waals surface area contributed by atoms with Crippen molar-refractivity contribution in [3.8, 4) is 11.5 Å². The Morgan fingerprint density at radius 2 is 1.42 bits per heavy atom. The van der Waals surface area contributed by atoms with Gasteiger partial charge in [-0.15, -0.1) is 0 Å². The number of aromatic nitrogens is 2. The molecular formula is C7H6N2O3. The molecule has 0 saturated carbocycles. The van der Waals surface area contributed by atoms with E-state index in [0.29, 0.717) is 0 Å². The monoisotopic (exact) mass is 166 g/mol. The largest absolute Gasteiger partial charge is 0.506 e. The summed E-state index contributed by atoms with van der Waals surface area (Å²) in [6.45, 7) is 0. The molecule has 0 aliphatic carbocycles. The van der Waals surface area contributed by atoms with E-state index in [4.69, 9.17) is 0 Å². The third-order valence-electron chi connectivity index (χ3n) is 1.64. The quantitative estimate of drug-likeness (QED) is 0.423. The molecule has 12 heavy (non-hydrogen) atoms. The number of rotatable bonds is 0. The smallest absolute Gasteiger partial charge is 0.324 e. The van der Waals surface area contributed by atoms with Crippen LogP contribution in [0.2, 0.25) is 0 Å². The predicted octanol–water partition coefficient (Wildman–Crippen LogP) is 0.267. The van der Waals surface area contributed by atoms with Gasteiger partial charge in [0.25, 0.3) is 0 Å². The van der Waals surface area contributed by atoms with E-state index in [9.17, 15) is 15.0 Å². The minimum atomic E-state index is -0.457. The molecule has 1 aromatic heterocycles. The van der Waals surface area contributed by atoms with Crippen molar-refractivity contribution in [2.24, 2.45) is 0 Å². The average Bonchev–Trinajstić information content (AvgIpc) is 2.41. The van der Waals surface area contributed by atoms with Crippen LogP contribution in [0.25, 0.3) is 11.0 Å². The van der Waals surface area contributed by atoms with Gasteiger partial charge in [-0.05, 0) is 12.1 Å². The maximum atomic E-state index is 10.8. The highest BCUT2D eigenvalue weighted by Crippen LogP contribution is 2.26. The molecule has 0 fully saturated rings. The molecule has 1 heterocycles. The molecule has 0 unspecified atom stereocenters. The molecule has 0 amide bonds. The van der Waals surface area contributed by atoms with E-state index in [1.54, 1.807) is 0 Å². The highest BCUT2D eigenvalue weighted by Gasteiger charge is 2.06. The summed E-state index contributed by atoms with van der Waals surface area (Å²) in [6, 6.07) is 2.61. The van der Waals surface area contributed by atoms with E-state index in [0.717, 1.165) is 0 Å². The predicted molar refractivity (Wildman–Crippen MR) is 42.2 cm³/mol. The Morgan fingerprint density at radius 1 is 1.00 bits per heavy atom. The van der Waals surface area contributed by atoms with Gasteiger partial charge >= 0.3 is 5.69 Å². The molecule has 0 spiro atoms. The van der Waals surface area contributed by atoms with Crippen molar-refractivity contribution in [2.45, 2.75) is 0 Å². The summed E-state index contributed by atoms with van der Waals surface area (Å²) in [5, 5.41) is 18.4. The van der Waals surface area contributed by atoms with Gasteiger partial charge in [-0.25, -0.2) is 4.79 Å². The van der Waals surface area contributed by atoms with Crippen molar-refractivity contribution in [3.05, 3.63) is 22.6 Å². The lowest BCUT2D eigenvalue weighted by atomic mass is 10.3. The number of hydrogen-bond donors (Lipinski definition) is 4. The molecule has 2 rings (SSSR count). The van der Waals surface area contributed by atoms with Crippen LogP contribution in [0.1, 0.15) is 0 Å². The molecule has 5 heteroatoms. The average molecular weight is 166 g/mol. The second-order valence-electron chi connectivity index (χ2n) is 2.43. The lowest BCUT2D eigenvalue weighted by molar-refractivity contribution is 0.468. The van der Waals surface area contributed by atoms with Gasteiger partial charge in [0.05, 0.1) is 0 Å². The van der Waals surface area contributed by atoms with Crippen LogP contribution >= 0.6 is 0 Å². The molecule has 2 aromatic rings. The summed E-state index contributed by atoms with van der Waals surface area (Å²) < 4.78 is 0. The first-order chi connectivity index (χ1) is 5.68. The first kappa shape index (κ1) is 6.78. The number of H-pyrrole nitrogens is 2. The van der Waals surface area contributed by atoms with Crippen LogP contribution < -0.4 is 5.69 Å². The summed E-state index contributed by atoms with van der Waals surface area (Å²) in [4.78, 5) is 15.5. The number of phenols is 2. The number of aromatic hydroxyl groups is 2. The number of hydrogen-bond acceptors (Lipinski definition) is 3. The minimum absolute atomic E-state index is 0.0684. The van der Waals surface area contributed by atoms with Crippen molar-refractivity contribution >= 4 is 11.0 Å². The lowest BCUT2D eigenvalue weighted by Crippen LogP contribution is -1.99. The number of benzene rings is 1. The maximum absolute atomic E-state index is 10.8. The number of nitrogens with one attached hydrogen (secondary N) is 2. The van der Waals surface area contributed by atoms with Crippen LogP contribution in [0.15, 0.2) is 16.9 Å². The third-order valence-corrected chi connectivity index (χ3v) is 1.64. The fourth-order valence-corrected chi connectivity index (χ4v) is 1.09. The summed E-state index contributed by atoms with van der Waals surface area (Å²) >= 11 is 0. The Hall–Kier alpha value is -1.91. The van der Waals surface area contributed by atoms with Gasteiger partial charge in [0.2, 0.25) is 0 Å². The molecule has 0 radical (unpaired) electrons. The van der Waals surface area contributed by atoms with Crippen molar-refractivity contribution in [3.63, 3.8) is 0 Å². The molecule has 1 aromatic carbocycles. The second-order valence-corrected chi connectivity index (χ2v) is 2.43. The lowest BCUT2D eigenvalue weighted by Gasteiger charge is -1.95. The van der Waals surface area contributed by atoms with Gasteiger partial charge in [-0.2, -0.15) is 0 Å². The van der Waals surface area contributed by atoms with Crippen molar-refractivity contribution in [1.82, 2.24) is 9.97 Å². The van der Waals surface area contributed by atoms with Crippen LogP contribution in [0.4, 0.5) is 0 Å². The van der Waals surface area contributed by atoms with Crippen LogP contribution in [0.3, 0.4) is 0 Å². The van der Waals surface area contributed by atoms with Crippen LogP contribution in [-0.2, 0) is 0 Å². The number of aromatic amines is 2. The van der Waals surface area contributed by atoms with E-state index >= 15 is 0 Å². The highest BCUT2D eigenvalue weighted by atomic mass is 16.3. The van der Waals surface area contributed by atoms with Gasteiger partial charge in [-0.1, -0.05) is 0 Å². The SMILES string of the molecule is O=c1[nH]c2c(O)ccc(O)c2[nH]1. The molecule has 0 aliphatic heterocycles. The summed E-state index contributed by atoms with van der Waals surface area (Å²) in [7, 11) is 0. The zero-order valence-electron chi connectivity index (χ0n) is 5.96. The zero-order valence-corrected chi connectivity index (χ0v) is 5.96. The summed E-state index contributed by atoms with van der Waals surface area (Å²) in [6.07, 6.45) is 0. The first-order valence-corrected chi connectivity index (χ1v) is 3.31. The van der Waals surface area contributed by atoms with E-state index in [2.05, 4.69) is 9.97 Å². The van der Waals surface area contributed by atoms with E-state index in [1.807, 2.05) is 0 Å². The Kier molecular flexibility index (Phi) is 1.15. The van der Waals surface area contributed by atoms with Gasteiger partial charge in [-0.3, -0.25) is 0 Å². The molecule has 0 bridgehead atoms. The van der Waals surface area contributed by atoms with Gasteiger partial charge < -0.3 is 20.2 Å². The standard InChI is InChI=1S/C7H6N2O3/c10-3-1-2-4(11)6-5(3)8-7(12)9-6/h1-2,10-11H,(H2,8,9,12). The fraction of sp³-hybridized carbons (Fsp3) is 0. The molecule has 4 N–H and O–H groups in total. The normalized spacial score (nSPS) is 10.7. The van der Waals surface area contributed by atoms with Gasteiger partial charge in [0, 0.05) is 0 Å². The van der Waals surface area contributed by atoms with Gasteiger partial charge in [0.1, 0.15) is 22.5 Å². The second kappa shape index (κ2) is 2.04. The maximum Gasteiger partial charge on any atom is 0.324 e. The summed E-state index contributed by atoms with van der Waals surface area (Å²) in [5.41, 5.74) is -0.0122. The Bertz CT molecular complexity index is 441. The highest BCUT2D eigenvalue weighted by molar-refractivity contribution is 5.86. The van der Waals surface area contributed by atoms with Crippen LogP contribution in [0, 0.1) is 0 Å². The van der Waals surface area contributed by atoms with Crippen LogP contribution in [-0.4, -0.2) is 20.2 Å². The molecule has 0 saturated heterocycles. The molecule has 5 nitrogen and oxygen atoms in total.